The maximum atomic E-state index is 13.4. The second-order valence-corrected chi connectivity index (χ2v) is 7.98. The Balaban J connectivity index is 1.75. The SMILES string of the molecule is CCn1c(=O)c(C(=O)NC2CCC(F)(F)CC2)c(O)c2cc(-c3ccc(F)cc3)cnc21. The zero-order valence-corrected chi connectivity index (χ0v) is 17.4. The molecule has 0 radical (unpaired) electrons. The molecule has 0 unspecified atom stereocenters. The van der Waals surface area contributed by atoms with Gasteiger partial charge in [-0.1, -0.05) is 12.1 Å². The van der Waals surface area contributed by atoms with E-state index in [2.05, 4.69) is 10.3 Å². The van der Waals surface area contributed by atoms with Crippen molar-refractivity contribution < 1.29 is 23.1 Å². The van der Waals surface area contributed by atoms with E-state index in [0.717, 1.165) is 0 Å². The molecule has 1 saturated carbocycles. The minimum Gasteiger partial charge on any atom is -0.506 e. The zero-order chi connectivity index (χ0) is 23.0. The first-order valence-corrected chi connectivity index (χ1v) is 10.4. The van der Waals surface area contributed by atoms with Gasteiger partial charge in [-0.2, -0.15) is 0 Å². The highest BCUT2D eigenvalue weighted by Gasteiger charge is 2.36. The van der Waals surface area contributed by atoms with Gasteiger partial charge in [0.2, 0.25) is 5.92 Å². The van der Waals surface area contributed by atoms with Gasteiger partial charge in [0.1, 0.15) is 22.8 Å². The average molecular weight is 445 g/mol. The third kappa shape index (κ3) is 4.06. The highest BCUT2D eigenvalue weighted by Crippen LogP contribution is 2.34. The minimum absolute atomic E-state index is 0.0886. The molecular formula is C23H22F3N3O3. The van der Waals surface area contributed by atoms with E-state index in [-0.39, 0.29) is 43.3 Å². The van der Waals surface area contributed by atoms with Crippen LogP contribution < -0.4 is 10.9 Å². The number of pyridine rings is 2. The lowest BCUT2D eigenvalue weighted by Crippen LogP contribution is -2.42. The van der Waals surface area contributed by atoms with Crippen LogP contribution >= 0.6 is 0 Å². The number of nitrogens with zero attached hydrogens (tertiary/aromatic N) is 2. The first-order chi connectivity index (χ1) is 15.2. The molecule has 1 fully saturated rings. The molecule has 0 bridgehead atoms. The fraction of sp³-hybridized carbons (Fsp3) is 0.348. The van der Waals surface area contributed by atoms with Gasteiger partial charge in [-0.15, -0.1) is 0 Å². The second-order valence-electron chi connectivity index (χ2n) is 7.98. The van der Waals surface area contributed by atoms with Crippen LogP contribution in [0.1, 0.15) is 43.0 Å². The number of aryl methyl sites for hydroxylation is 1. The standard InChI is InChI=1S/C23H22F3N3O3/c1-2-29-20-17(11-14(12-27-20)13-3-5-15(24)6-4-13)19(30)18(22(29)32)21(31)28-16-7-9-23(25,26)10-8-16/h3-6,11-12,16,30H,2,7-10H2,1H3,(H,28,31). The summed E-state index contributed by atoms with van der Waals surface area (Å²) in [6.45, 7) is 1.91. The lowest BCUT2D eigenvalue weighted by Gasteiger charge is -2.28. The summed E-state index contributed by atoms with van der Waals surface area (Å²) in [4.78, 5) is 30.1. The van der Waals surface area contributed by atoms with Crippen molar-refractivity contribution in [3.8, 4) is 16.9 Å². The highest BCUT2D eigenvalue weighted by molar-refractivity contribution is 6.02. The van der Waals surface area contributed by atoms with Gasteiger partial charge in [-0.25, -0.2) is 18.2 Å². The molecule has 4 rings (SSSR count). The molecule has 0 saturated heterocycles. The van der Waals surface area contributed by atoms with Crippen LogP contribution in [0.25, 0.3) is 22.2 Å². The number of aromatic nitrogens is 2. The number of nitrogens with one attached hydrogen (secondary N) is 1. The summed E-state index contributed by atoms with van der Waals surface area (Å²) in [7, 11) is 0. The average Bonchev–Trinajstić information content (AvgIpc) is 2.76. The Kier molecular flexibility index (Phi) is 5.66. The van der Waals surface area contributed by atoms with Crippen LogP contribution in [0.5, 0.6) is 5.75 Å². The quantitative estimate of drug-likeness (QED) is 0.629. The Morgan fingerprint density at radius 3 is 2.50 bits per heavy atom. The molecule has 0 aliphatic heterocycles. The van der Waals surface area contributed by atoms with E-state index in [1.807, 2.05) is 0 Å². The van der Waals surface area contributed by atoms with Crippen molar-refractivity contribution in [1.29, 1.82) is 0 Å². The lowest BCUT2D eigenvalue weighted by molar-refractivity contribution is -0.0399. The van der Waals surface area contributed by atoms with Gasteiger partial charge in [0, 0.05) is 37.2 Å². The van der Waals surface area contributed by atoms with Gasteiger partial charge in [0.15, 0.2) is 0 Å². The molecule has 0 atom stereocenters. The van der Waals surface area contributed by atoms with E-state index >= 15 is 0 Å². The Morgan fingerprint density at radius 2 is 1.88 bits per heavy atom. The second kappa shape index (κ2) is 8.29. The third-order valence-corrected chi connectivity index (χ3v) is 5.85. The summed E-state index contributed by atoms with van der Waals surface area (Å²) >= 11 is 0. The Labute approximate surface area is 181 Å². The summed E-state index contributed by atoms with van der Waals surface area (Å²) < 4.78 is 41.3. The molecule has 2 N–H and O–H groups in total. The molecule has 1 aromatic carbocycles. The number of carbonyl (C=O) groups is 1. The van der Waals surface area contributed by atoms with Crippen molar-refractivity contribution in [2.24, 2.45) is 0 Å². The molecule has 1 amide bonds. The number of benzene rings is 1. The molecule has 0 spiro atoms. The topological polar surface area (TPSA) is 84.2 Å². The predicted octanol–water partition coefficient (Wildman–Crippen LogP) is 4.24. The number of fused-ring (bicyclic) bond motifs is 1. The van der Waals surface area contributed by atoms with Crippen molar-refractivity contribution in [2.45, 2.75) is 51.1 Å². The van der Waals surface area contributed by atoms with Crippen molar-refractivity contribution in [1.82, 2.24) is 14.9 Å². The van der Waals surface area contributed by atoms with E-state index in [1.54, 1.807) is 25.1 Å². The smallest absolute Gasteiger partial charge is 0.268 e. The number of halogens is 3. The Morgan fingerprint density at radius 1 is 1.22 bits per heavy atom. The number of hydrogen-bond acceptors (Lipinski definition) is 4. The van der Waals surface area contributed by atoms with E-state index in [0.29, 0.717) is 11.1 Å². The van der Waals surface area contributed by atoms with Gasteiger partial charge < -0.3 is 10.4 Å². The molecule has 1 aliphatic carbocycles. The van der Waals surface area contributed by atoms with Crippen LogP contribution in [0.3, 0.4) is 0 Å². The largest absolute Gasteiger partial charge is 0.506 e. The minimum atomic E-state index is -2.75. The number of hydrogen-bond donors (Lipinski definition) is 2. The molecule has 2 aromatic heterocycles. The Bertz CT molecular complexity index is 1230. The van der Waals surface area contributed by atoms with Crippen molar-refractivity contribution in [2.75, 3.05) is 0 Å². The molecule has 6 nitrogen and oxygen atoms in total. The summed E-state index contributed by atoms with van der Waals surface area (Å²) in [5.41, 5.74) is 0.251. The summed E-state index contributed by atoms with van der Waals surface area (Å²) in [6, 6.07) is 6.76. The van der Waals surface area contributed by atoms with Crippen LogP contribution in [0.4, 0.5) is 13.2 Å². The number of aromatic hydroxyl groups is 1. The van der Waals surface area contributed by atoms with Crippen molar-refractivity contribution >= 4 is 16.9 Å². The van der Waals surface area contributed by atoms with Crippen molar-refractivity contribution in [3.05, 3.63) is 58.3 Å². The molecular weight excluding hydrogens is 423 g/mol. The number of rotatable bonds is 4. The van der Waals surface area contributed by atoms with E-state index in [9.17, 15) is 27.9 Å². The fourth-order valence-corrected chi connectivity index (χ4v) is 4.05. The summed E-state index contributed by atoms with van der Waals surface area (Å²) in [6.07, 6.45) is 0.997. The van der Waals surface area contributed by atoms with Crippen LogP contribution in [-0.2, 0) is 6.54 Å². The van der Waals surface area contributed by atoms with E-state index < -0.39 is 40.6 Å². The van der Waals surface area contributed by atoms with Gasteiger partial charge in [0.25, 0.3) is 11.5 Å². The van der Waals surface area contributed by atoms with Crippen molar-refractivity contribution in [3.63, 3.8) is 0 Å². The first kappa shape index (κ1) is 21.9. The molecule has 9 heteroatoms. The number of amides is 1. The van der Waals surface area contributed by atoms with Crippen LogP contribution in [0, 0.1) is 5.82 Å². The summed E-state index contributed by atoms with van der Waals surface area (Å²) in [5.74, 6) is -4.47. The maximum Gasteiger partial charge on any atom is 0.268 e. The summed E-state index contributed by atoms with van der Waals surface area (Å²) in [5, 5.41) is 13.7. The normalized spacial score (nSPS) is 16.2. The van der Waals surface area contributed by atoms with Gasteiger partial charge in [0.05, 0.1) is 5.39 Å². The van der Waals surface area contributed by atoms with Crippen LogP contribution in [-0.4, -0.2) is 32.5 Å². The van der Waals surface area contributed by atoms with Gasteiger partial charge in [-0.3, -0.25) is 14.2 Å². The molecule has 1 aliphatic rings. The van der Waals surface area contributed by atoms with Gasteiger partial charge >= 0.3 is 0 Å². The maximum absolute atomic E-state index is 13.4. The number of alkyl halides is 2. The zero-order valence-electron chi connectivity index (χ0n) is 17.4. The number of carbonyl (C=O) groups excluding carboxylic acids is 1. The van der Waals surface area contributed by atoms with E-state index in [1.165, 1.54) is 22.9 Å². The predicted molar refractivity (Wildman–Crippen MR) is 113 cm³/mol. The molecule has 2 heterocycles. The molecule has 3 aromatic rings. The highest BCUT2D eigenvalue weighted by atomic mass is 19.3. The lowest BCUT2D eigenvalue weighted by atomic mass is 9.92. The molecule has 168 valence electrons. The first-order valence-electron chi connectivity index (χ1n) is 10.4. The van der Waals surface area contributed by atoms with Crippen LogP contribution in [0.2, 0.25) is 0 Å². The monoisotopic (exact) mass is 445 g/mol. The fourth-order valence-electron chi connectivity index (χ4n) is 4.05. The third-order valence-electron chi connectivity index (χ3n) is 5.85. The van der Waals surface area contributed by atoms with E-state index in [4.69, 9.17) is 0 Å². The molecule has 32 heavy (non-hydrogen) atoms. The Hall–Kier alpha value is -3.36. The van der Waals surface area contributed by atoms with Crippen LogP contribution in [0.15, 0.2) is 41.3 Å². The van der Waals surface area contributed by atoms with Gasteiger partial charge in [-0.05, 0) is 43.5 Å².